The fourth-order valence-electron chi connectivity index (χ4n) is 3.43. The van der Waals surface area contributed by atoms with E-state index in [9.17, 15) is 19.8 Å². The number of ether oxygens (including phenoxy) is 2. The second-order valence-electron chi connectivity index (χ2n) is 7.81. The Morgan fingerprint density at radius 1 is 1.06 bits per heavy atom. The zero-order chi connectivity index (χ0) is 22.5. The Bertz CT molecular complexity index is 963. The third-order valence-corrected chi connectivity index (χ3v) is 5.00. The van der Waals surface area contributed by atoms with Crippen LogP contribution in [0, 0.1) is 5.92 Å². The predicted molar refractivity (Wildman–Crippen MR) is 116 cm³/mol. The number of aliphatic hydroxyl groups excluding tert-OH is 1. The topological polar surface area (TPSA) is 96.3 Å². The average molecular weight is 425 g/mol. The number of hydrogen-bond acceptors (Lipinski definition) is 6. The monoisotopic (exact) mass is 425 g/mol. The number of rotatable bonds is 8. The van der Waals surface area contributed by atoms with Gasteiger partial charge >= 0.3 is 0 Å². The van der Waals surface area contributed by atoms with Crippen molar-refractivity contribution in [1.82, 2.24) is 4.90 Å². The van der Waals surface area contributed by atoms with Crippen LogP contribution in [0.2, 0.25) is 0 Å². The van der Waals surface area contributed by atoms with Gasteiger partial charge in [0.2, 0.25) is 0 Å². The highest BCUT2D eigenvalue weighted by Gasteiger charge is 2.45. The van der Waals surface area contributed by atoms with Crippen LogP contribution in [0.4, 0.5) is 0 Å². The molecule has 0 radical (unpaired) electrons. The molecule has 7 nitrogen and oxygen atoms in total. The molecule has 1 unspecified atom stereocenters. The number of carbonyl (C=O) groups is 2. The first kappa shape index (κ1) is 22.4. The quantitative estimate of drug-likeness (QED) is 0.382. The summed E-state index contributed by atoms with van der Waals surface area (Å²) < 4.78 is 10.8. The van der Waals surface area contributed by atoms with E-state index in [0.717, 1.165) is 0 Å². The van der Waals surface area contributed by atoms with E-state index in [1.165, 1.54) is 24.1 Å². The molecule has 164 valence electrons. The summed E-state index contributed by atoms with van der Waals surface area (Å²) in [6.07, 6.45) is 0. The van der Waals surface area contributed by atoms with Crippen LogP contribution in [-0.2, 0) is 14.3 Å². The number of benzene rings is 2. The lowest BCUT2D eigenvalue weighted by Crippen LogP contribution is -2.32. The van der Waals surface area contributed by atoms with Gasteiger partial charge in [0.15, 0.2) is 0 Å². The first-order chi connectivity index (χ1) is 14.8. The first-order valence-corrected chi connectivity index (χ1v) is 10.1. The number of phenols is 1. The minimum absolute atomic E-state index is 0.00245. The Morgan fingerprint density at radius 2 is 1.71 bits per heavy atom. The largest absolute Gasteiger partial charge is 0.508 e. The summed E-state index contributed by atoms with van der Waals surface area (Å²) in [5.74, 6) is -0.621. The predicted octanol–water partition coefficient (Wildman–Crippen LogP) is 3.50. The summed E-state index contributed by atoms with van der Waals surface area (Å²) in [7, 11) is 1.51. The molecule has 7 heteroatoms. The summed E-state index contributed by atoms with van der Waals surface area (Å²) in [6.45, 7) is 5.09. The summed E-state index contributed by atoms with van der Waals surface area (Å²) in [5, 5.41) is 20.6. The van der Waals surface area contributed by atoms with Gasteiger partial charge in [-0.15, -0.1) is 0 Å². The number of aromatic hydroxyl groups is 1. The van der Waals surface area contributed by atoms with Crippen molar-refractivity contribution in [2.75, 3.05) is 26.9 Å². The smallest absolute Gasteiger partial charge is 0.295 e. The van der Waals surface area contributed by atoms with Crippen molar-refractivity contribution < 1.29 is 29.3 Å². The van der Waals surface area contributed by atoms with Crippen LogP contribution in [0.3, 0.4) is 0 Å². The van der Waals surface area contributed by atoms with Crippen molar-refractivity contribution in [3.05, 3.63) is 65.2 Å². The number of ketones is 1. The van der Waals surface area contributed by atoms with Crippen molar-refractivity contribution in [3.8, 4) is 11.5 Å². The first-order valence-electron chi connectivity index (χ1n) is 10.1. The van der Waals surface area contributed by atoms with Gasteiger partial charge in [0, 0.05) is 19.2 Å². The molecule has 0 spiro atoms. The van der Waals surface area contributed by atoms with E-state index >= 15 is 0 Å². The van der Waals surface area contributed by atoms with Crippen LogP contribution in [0.25, 0.3) is 5.76 Å². The highest BCUT2D eigenvalue weighted by Crippen LogP contribution is 2.39. The van der Waals surface area contributed by atoms with E-state index in [-0.39, 0.29) is 30.2 Å². The van der Waals surface area contributed by atoms with E-state index in [0.29, 0.717) is 29.4 Å². The lowest BCUT2D eigenvalue weighted by molar-refractivity contribution is -0.140. The Labute approximate surface area is 181 Å². The van der Waals surface area contributed by atoms with E-state index in [4.69, 9.17) is 9.47 Å². The molecule has 1 atom stereocenters. The standard InChI is InChI=1S/C24H27NO6/c1-15(2)14-31-19-10-6-17(7-11-19)22(27)20-21(16-4-8-18(26)9-5-16)25(12-13-30-3)24(29)23(20)28/h4-11,15,21,26-27H,12-14H2,1-3H3. The molecular formula is C24H27NO6. The number of nitrogens with zero attached hydrogens (tertiary/aromatic N) is 1. The molecule has 2 N–H and O–H groups in total. The number of Topliss-reactive ketones (excluding diaryl/α,β-unsaturated/α-hetero) is 1. The Morgan fingerprint density at radius 3 is 2.29 bits per heavy atom. The van der Waals surface area contributed by atoms with Crippen LogP contribution in [0.15, 0.2) is 54.1 Å². The van der Waals surface area contributed by atoms with Crippen molar-refractivity contribution in [3.63, 3.8) is 0 Å². The molecule has 1 saturated heterocycles. The van der Waals surface area contributed by atoms with Gasteiger partial charge in [0.25, 0.3) is 11.7 Å². The van der Waals surface area contributed by atoms with Crippen molar-refractivity contribution in [1.29, 1.82) is 0 Å². The second-order valence-corrected chi connectivity index (χ2v) is 7.81. The third-order valence-electron chi connectivity index (χ3n) is 5.00. The van der Waals surface area contributed by atoms with Crippen LogP contribution in [-0.4, -0.2) is 53.7 Å². The molecule has 0 bridgehead atoms. The molecule has 31 heavy (non-hydrogen) atoms. The number of methoxy groups -OCH3 is 1. The fraction of sp³-hybridized carbons (Fsp3) is 0.333. The maximum atomic E-state index is 12.9. The van der Waals surface area contributed by atoms with Crippen LogP contribution < -0.4 is 4.74 Å². The Kier molecular flexibility index (Phi) is 6.97. The van der Waals surface area contributed by atoms with Gasteiger partial charge < -0.3 is 24.6 Å². The molecule has 2 aromatic carbocycles. The van der Waals surface area contributed by atoms with Gasteiger partial charge in [-0.2, -0.15) is 0 Å². The van der Waals surface area contributed by atoms with E-state index in [1.807, 2.05) is 13.8 Å². The normalized spacial score (nSPS) is 18.1. The Hall–Kier alpha value is -3.32. The SMILES string of the molecule is COCCN1C(=O)C(=O)C(=C(O)c2ccc(OCC(C)C)cc2)C1c1ccc(O)cc1. The summed E-state index contributed by atoms with van der Waals surface area (Å²) >= 11 is 0. The van der Waals surface area contributed by atoms with Gasteiger partial charge in [-0.3, -0.25) is 9.59 Å². The summed E-state index contributed by atoms with van der Waals surface area (Å²) in [6, 6.07) is 12.2. The van der Waals surface area contributed by atoms with Gasteiger partial charge in [0.1, 0.15) is 17.3 Å². The lowest BCUT2D eigenvalue weighted by Gasteiger charge is -2.25. The molecule has 3 rings (SSSR count). The molecule has 1 amide bonds. The van der Waals surface area contributed by atoms with Gasteiger partial charge in [-0.05, 0) is 47.9 Å². The highest BCUT2D eigenvalue weighted by molar-refractivity contribution is 6.46. The minimum atomic E-state index is -0.785. The average Bonchev–Trinajstić information content (AvgIpc) is 3.01. The van der Waals surface area contributed by atoms with E-state index in [2.05, 4.69) is 0 Å². The molecule has 2 aromatic rings. The number of hydrogen-bond donors (Lipinski definition) is 2. The molecule has 0 saturated carbocycles. The molecule has 0 aliphatic carbocycles. The summed E-state index contributed by atoms with van der Waals surface area (Å²) in [4.78, 5) is 27.0. The van der Waals surface area contributed by atoms with Crippen LogP contribution in [0.1, 0.15) is 31.0 Å². The molecule has 1 aliphatic heterocycles. The highest BCUT2D eigenvalue weighted by atomic mass is 16.5. The number of carbonyl (C=O) groups excluding carboxylic acids is 2. The fourth-order valence-corrected chi connectivity index (χ4v) is 3.43. The minimum Gasteiger partial charge on any atom is -0.508 e. The number of likely N-dealkylation sites (tertiary alicyclic amines) is 1. The van der Waals surface area contributed by atoms with E-state index < -0.39 is 17.7 Å². The second kappa shape index (κ2) is 9.66. The third kappa shape index (κ3) is 4.88. The molecule has 1 fully saturated rings. The van der Waals surface area contributed by atoms with Crippen molar-refractivity contribution in [2.24, 2.45) is 5.92 Å². The molecule has 0 aromatic heterocycles. The molecular weight excluding hydrogens is 398 g/mol. The van der Waals surface area contributed by atoms with Gasteiger partial charge in [0.05, 0.1) is 24.8 Å². The Balaban J connectivity index is 2.02. The maximum absolute atomic E-state index is 12.9. The maximum Gasteiger partial charge on any atom is 0.295 e. The number of amides is 1. The van der Waals surface area contributed by atoms with Crippen LogP contribution in [0.5, 0.6) is 11.5 Å². The van der Waals surface area contributed by atoms with Crippen molar-refractivity contribution in [2.45, 2.75) is 19.9 Å². The molecule has 1 heterocycles. The zero-order valence-corrected chi connectivity index (χ0v) is 17.9. The van der Waals surface area contributed by atoms with Crippen molar-refractivity contribution >= 4 is 17.4 Å². The summed E-state index contributed by atoms with van der Waals surface area (Å²) in [5.41, 5.74) is 1.01. The van der Waals surface area contributed by atoms with Gasteiger partial charge in [-0.1, -0.05) is 26.0 Å². The lowest BCUT2D eigenvalue weighted by atomic mass is 9.95. The van der Waals surface area contributed by atoms with Gasteiger partial charge in [-0.25, -0.2) is 0 Å². The molecule has 1 aliphatic rings. The van der Waals surface area contributed by atoms with E-state index in [1.54, 1.807) is 36.4 Å². The number of aliphatic hydroxyl groups is 1. The van der Waals surface area contributed by atoms with Crippen LogP contribution >= 0.6 is 0 Å². The number of phenolic OH excluding ortho intramolecular Hbond substituents is 1. The zero-order valence-electron chi connectivity index (χ0n) is 17.9.